The van der Waals surface area contributed by atoms with Gasteiger partial charge in [-0.2, -0.15) is 0 Å². The third-order valence-electron chi connectivity index (χ3n) is 4.36. The second kappa shape index (κ2) is 5.80. The van der Waals surface area contributed by atoms with Gasteiger partial charge in [0.15, 0.2) is 5.78 Å². The highest BCUT2D eigenvalue weighted by Gasteiger charge is 2.28. The van der Waals surface area contributed by atoms with Crippen LogP contribution >= 0.6 is 0 Å². The van der Waals surface area contributed by atoms with E-state index in [0.717, 1.165) is 35.0 Å². The number of carbonyl (C=O) groups excluding carboxylic acids is 1. The summed E-state index contributed by atoms with van der Waals surface area (Å²) in [6, 6.07) is 17.8. The van der Waals surface area contributed by atoms with E-state index in [1.54, 1.807) is 0 Å². The molecule has 1 atom stereocenters. The van der Waals surface area contributed by atoms with E-state index in [-0.39, 0.29) is 11.8 Å². The van der Waals surface area contributed by atoms with Crippen LogP contribution in [0.4, 0.5) is 0 Å². The summed E-state index contributed by atoms with van der Waals surface area (Å²) in [6.45, 7) is 0. The molecule has 0 amide bonds. The summed E-state index contributed by atoms with van der Waals surface area (Å²) in [5.74, 6) is 0.213. The van der Waals surface area contributed by atoms with Crippen molar-refractivity contribution in [2.75, 3.05) is 0 Å². The number of benzene rings is 2. The Hall–Kier alpha value is -2.75. The first kappa shape index (κ1) is 13.9. The molecule has 0 spiro atoms. The Balaban J connectivity index is 1.82. The number of para-hydroxylation sites is 1. The summed E-state index contributed by atoms with van der Waals surface area (Å²) >= 11 is 0. The van der Waals surface area contributed by atoms with Crippen LogP contribution in [-0.4, -0.2) is 20.8 Å². The molecule has 1 heterocycles. The van der Waals surface area contributed by atoms with Crippen LogP contribution in [0, 0.1) is 0 Å². The molecule has 1 unspecified atom stereocenters. The van der Waals surface area contributed by atoms with E-state index in [2.05, 4.69) is 10.3 Å². The van der Waals surface area contributed by atoms with Gasteiger partial charge in [0.25, 0.3) is 0 Å². The van der Waals surface area contributed by atoms with Crippen molar-refractivity contribution >= 4 is 22.9 Å². The predicted molar refractivity (Wildman–Crippen MR) is 89.8 cm³/mol. The highest BCUT2D eigenvalue weighted by atomic mass is 16.1. The van der Waals surface area contributed by atoms with Gasteiger partial charge in [0.1, 0.15) is 5.52 Å². The highest BCUT2D eigenvalue weighted by Crippen LogP contribution is 2.33. The average molecular weight is 303 g/mol. The van der Waals surface area contributed by atoms with Gasteiger partial charge >= 0.3 is 0 Å². The van der Waals surface area contributed by atoms with Gasteiger partial charge in [-0.05, 0) is 36.6 Å². The van der Waals surface area contributed by atoms with Crippen molar-refractivity contribution in [1.29, 1.82) is 0 Å². The minimum atomic E-state index is -0.0381. The number of allylic oxidation sites excluding steroid dienone is 1. The molecule has 1 saturated carbocycles. The summed E-state index contributed by atoms with van der Waals surface area (Å²) in [4.78, 5) is 12.5. The van der Waals surface area contributed by atoms with Gasteiger partial charge in [-0.1, -0.05) is 47.7 Å². The molecule has 3 aromatic rings. The number of rotatable bonds is 2. The summed E-state index contributed by atoms with van der Waals surface area (Å²) in [7, 11) is 0. The van der Waals surface area contributed by atoms with Crippen molar-refractivity contribution in [2.45, 2.75) is 25.3 Å². The molecule has 0 saturated heterocycles. The molecule has 23 heavy (non-hydrogen) atoms. The van der Waals surface area contributed by atoms with Gasteiger partial charge in [-0.15, -0.1) is 5.10 Å². The van der Waals surface area contributed by atoms with Gasteiger partial charge in [-0.3, -0.25) is 4.79 Å². The van der Waals surface area contributed by atoms with E-state index in [9.17, 15) is 4.79 Å². The molecular weight excluding hydrogens is 286 g/mol. The molecule has 1 aliphatic rings. The van der Waals surface area contributed by atoms with Crippen molar-refractivity contribution in [3.8, 4) is 0 Å². The van der Waals surface area contributed by atoms with Gasteiger partial charge in [0, 0.05) is 12.0 Å². The molecule has 0 bridgehead atoms. The lowest BCUT2D eigenvalue weighted by Gasteiger charge is -2.25. The SMILES string of the molecule is O=C1CCCC(n2nnc3ccccc32)C1=Cc1ccccc1. The second-order valence-corrected chi connectivity index (χ2v) is 5.86. The minimum Gasteiger partial charge on any atom is -0.294 e. The first-order valence-electron chi connectivity index (χ1n) is 7.93. The molecule has 1 fully saturated rings. The zero-order chi connectivity index (χ0) is 15.6. The Bertz CT molecular complexity index is 880. The number of fused-ring (bicyclic) bond motifs is 1. The maximum absolute atomic E-state index is 12.5. The van der Waals surface area contributed by atoms with E-state index in [1.807, 2.05) is 65.4 Å². The van der Waals surface area contributed by atoms with Crippen LogP contribution in [0.1, 0.15) is 30.9 Å². The molecule has 2 aromatic carbocycles. The first-order valence-corrected chi connectivity index (χ1v) is 7.93. The van der Waals surface area contributed by atoms with Crippen molar-refractivity contribution in [3.05, 3.63) is 65.7 Å². The van der Waals surface area contributed by atoms with Crippen LogP contribution in [-0.2, 0) is 4.79 Å². The third-order valence-corrected chi connectivity index (χ3v) is 4.36. The summed E-state index contributed by atoms with van der Waals surface area (Å²) in [6.07, 6.45) is 4.42. The third kappa shape index (κ3) is 2.57. The number of aromatic nitrogens is 3. The zero-order valence-electron chi connectivity index (χ0n) is 12.7. The van der Waals surface area contributed by atoms with E-state index in [1.165, 1.54) is 0 Å². The van der Waals surface area contributed by atoms with Gasteiger partial charge in [-0.25, -0.2) is 4.68 Å². The Morgan fingerprint density at radius 2 is 1.83 bits per heavy atom. The smallest absolute Gasteiger partial charge is 0.161 e. The van der Waals surface area contributed by atoms with Crippen molar-refractivity contribution in [2.24, 2.45) is 0 Å². The normalized spacial score (nSPS) is 20.3. The Morgan fingerprint density at radius 1 is 1.04 bits per heavy atom. The first-order chi connectivity index (χ1) is 11.3. The Kier molecular flexibility index (Phi) is 3.50. The molecule has 0 N–H and O–H groups in total. The topological polar surface area (TPSA) is 47.8 Å². The second-order valence-electron chi connectivity index (χ2n) is 5.86. The van der Waals surface area contributed by atoms with Crippen LogP contribution in [0.5, 0.6) is 0 Å². The van der Waals surface area contributed by atoms with Crippen molar-refractivity contribution in [3.63, 3.8) is 0 Å². The molecule has 1 aromatic heterocycles. The fourth-order valence-electron chi connectivity index (χ4n) is 3.22. The summed E-state index contributed by atoms with van der Waals surface area (Å²) in [5.41, 5.74) is 3.72. The number of nitrogens with zero attached hydrogens (tertiary/aromatic N) is 3. The van der Waals surface area contributed by atoms with Crippen molar-refractivity contribution in [1.82, 2.24) is 15.0 Å². The molecule has 4 rings (SSSR count). The predicted octanol–water partition coefficient (Wildman–Crippen LogP) is 3.81. The fourth-order valence-corrected chi connectivity index (χ4v) is 3.22. The monoisotopic (exact) mass is 303 g/mol. The van der Waals surface area contributed by atoms with Crippen LogP contribution in [0.3, 0.4) is 0 Å². The van der Waals surface area contributed by atoms with Crippen LogP contribution in [0.2, 0.25) is 0 Å². The van der Waals surface area contributed by atoms with Gasteiger partial charge in [0.05, 0.1) is 11.6 Å². The standard InChI is InChI=1S/C19H17N3O/c23-19-12-6-11-17(15(19)13-14-7-2-1-3-8-14)22-18-10-5-4-9-16(18)20-21-22/h1-5,7-10,13,17H,6,11-12H2. The number of carbonyl (C=O) groups is 1. The number of ketones is 1. The zero-order valence-corrected chi connectivity index (χ0v) is 12.7. The summed E-state index contributed by atoms with van der Waals surface area (Å²) < 4.78 is 1.90. The van der Waals surface area contributed by atoms with E-state index in [4.69, 9.17) is 0 Å². The van der Waals surface area contributed by atoms with Crippen molar-refractivity contribution < 1.29 is 4.79 Å². The van der Waals surface area contributed by atoms with E-state index in [0.29, 0.717) is 6.42 Å². The van der Waals surface area contributed by atoms with Crippen LogP contribution < -0.4 is 0 Å². The Labute approximate surface area is 134 Å². The Morgan fingerprint density at radius 3 is 2.70 bits per heavy atom. The molecular formula is C19H17N3O. The maximum Gasteiger partial charge on any atom is 0.161 e. The molecule has 4 heteroatoms. The molecule has 0 aliphatic heterocycles. The molecule has 1 aliphatic carbocycles. The minimum absolute atomic E-state index is 0.0381. The lowest BCUT2D eigenvalue weighted by Crippen LogP contribution is -2.23. The molecule has 4 nitrogen and oxygen atoms in total. The quantitative estimate of drug-likeness (QED) is 0.676. The maximum atomic E-state index is 12.5. The largest absolute Gasteiger partial charge is 0.294 e. The number of Topliss-reactive ketones (excluding diaryl/α,β-unsaturated/α-hetero) is 1. The van der Waals surface area contributed by atoms with Crippen LogP contribution in [0.15, 0.2) is 60.2 Å². The van der Waals surface area contributed by atoms with E-state index >= 15 is 0 Å². The van der Waals surface area contributed by atoms with Gasteiger partial charge < -0.3 is 0 Å². The molecule has 0 radical (unpaired) electrons. The van der Waals surface area contributed by atoms with Gasteiger partial charge in [0.2, 0.25) is 0 Å². The fraction of sp³-hybridized carbons (Fsp3) is 0.211. The number of hydrogen-bond donors (Lipinski definition) is 0. The molecule has 114 valence electrons. The van der Waals surface area contributed by atoms with E-state index < -0.39 is 0 Å². The van der Waals surface area contributed by atoms with Crippen LogP contribution in [0.25, 0.3) is 17.1 Å². The highest BCUT2D eigenvalue weighted by molar-refractivity contribution is 6.01. The summed E-state index contributed by atoms with van der Waals surface area (Å²) in [5, 5.41) is 8.55. The lowest BCUT2D eigenvalue weighted by atomic mass is 9.87. The lowest BCUT2D eigenvalue weighted by molar-refractivity contribution is -0.116. The number of hydrogen-bond acceptors (Lipinski definition) is 3. The average Bonchev–Trinajstić information content (AvgIpc) is 3.02.